The average molecular weight is 195 g/mol. The predicted molar refractivity (Wildman–Crippen MR) is 25.1 cm³/mol. The predicted octanol–water partition coefficient (Wildman–Crippen LogP) is 1.23. The van der Waals surface area contributed by atoms with E-state index in [1.807, 2.05) is 0 Å². The fourth-order valence-corrected chi connectivity index (χ4v) is 0.281. The molecule has 0 saturated heterocycles. The third-order valence-corrected chi connectivity index (χ3v) is 0.707. The van der Waals surface area contributed by atoms with Gasteiger partial charge in [-0.3, -0.25) is 4.79 Å². The van der Waals surface area contributed by atoms with Crippen LogP contribution in [0.3, 0.4) is 0 Å². The first-order chi connectivity index (χ1) is 5.13. The van der Waals surface area contributed by atoms with E-state index < -0.39 is 24.8 Å². The van der Waals surface area contributed by atoms with Crippen molar-refractivity contribution in [1.82, 2.24) is 5.32 Å². The smallest absolute Gasteiger partial charge is 0.339 e. The van der Waals surface area contributed by atoms with E-state index in [0.29, 0.717) is 5.32 Å². The number of carbonyl (C=O) groups excluding carboxylic acids is 1. The molecule has 1 N–H and O–H groups in total. The Balaban J connectivity index is 3.90. The van der Waals surface area contributed by atoms with E-state index in [-0.39, 0.29) is 0 Å². The van der Waals surface area contributed by atoms with Crippen molar-refractivity contribution in [2.45, 2.75) is 12.4 Å². The van der Waals surface area contributed by atoms with Crippen molar-refractivity contribution in [2.75, 3.05) is 6.54 Å². The van der Waals surface area contributed by atoms with Gasteiger partial charge in [-0.05, 0) is 0 Å². The first-order valence-corrected chi connectivity index (χ1v) is 2.55. The van der Waals surface area contributed by atoms with Gasteiger partial charge in [0.05, 0.1) is 0 Å². The Hall–Kier alpha value is -0.950. The van der Waals surface area contributed by atoms with E-state index in [1.165, 1.54) is 0 Å². The molecule has 12 heavy (non-hydrogen) atoms. The topological polar surface area (TPSA) is 29.1 Å². The van der Waals surface area contributed by atoms with Crippen molar-refractivity contribution < 1.29 is 31.1 Å². The average Bonchev–Trinajstić information content (AvgIpc) is 1.78. The summed E-state index contributed by atoms with van der Waals surface area (Å²) >= 11 is 0. The Morgan fingerprint density at radius 1 is 1.08 bits per heavy atom. The molecular formula is C4H3F6NO. The van der Waals surface area contributed by atoms with Gasteiger partial charge in [0.2, 0.25) is 0 Å². The molecule has 0 aromatic carbocycles. The largest absolute Gasteiger partial charge is 0.471 e. The minimum Gasteiger partial charge on any atom is -0.339 e. The molecule has 0 aliphatic rings. The van der Waals surface area contributed by atoms with Crippen LogP contribution < -0.4 is 5.32 Å². The molecule has 0 heterocycles. The summed E-state index contributed by atoms with van der Waals surface area (Å²) in [6, 6.07) is 0. The van der Waals surface area contributed by atoms with Crippen molar-refractivity contribution in [3.63, 3.8) is 0 Å². The zero-order valence-electron chi connectivity index (χ0n) is 5.38. The van der Waals surface area contributed by atoms with Crippen LogP contribution in [-0.4, -0.2) is 24.8 Å². The number of alkyl halides is 6. The minimum absolute atomic E-state index is 0.674. The molecule has 0 bridgehead atoms. The van der Waals surface area contributed by atoms with Crippen LogP contribution in [0.25, 0.3) is 0 Å². The van der Waals surface area contributed by atoms with Crippen LogP contribution in [0.1, 0.15) is 0 Å². The number of hydrogen-bond donors (Lipinski definition) is 1. The van der Waals surface area contributed by atoms with Crippen LogP contribution in [0.2, 0.25) is 0 Å². The van der Waals surface area contributed by atoms with Crippen molar-refractivity contribution >= 4 is 5.91 Å². The lowest BCUT2D eigenvalue weighted by Crippen LogP contribution is -2.41. The van der Waals surface area contributed by atoms with Gasteiger partial charge in [-0.2, -0.15) is 26.3 Å². The van der Waals surface area contributed by atoms with Gasteiger partial charge < -0.3 is 5.32 Å². The highest BCUT2D eigenvalue weighted by Gasteiger charge is 2.40. The molecule has 0 aliphatic heterocycles. The maximum atomic E-state index is 11.2. The molecule has 8 heteroatoms. The van der Waals surface area contributed by atoms with Gasteiger partial charge in [0, 0.05) is 0 Å². The number of carbonyl (C=O) groups is 1. The summed E-state index contributed by atoms with van der Waals surface area (Å²) in [7, 11) is 0. The molecule has 0 aromatic heterocycles. The van der Waals surface area contributed by atoms with E-state index in [4.69, 9.17) is 0 Å². The highest BCUT2D eigenvalue weighted by Crippen LogP contribution is 2.16. The maximum Gasteiger partial charge on any atom is 0.471 e. The van der Waals surface area contributed by atoms with Crippen LogP contribution in [0.4, 0.5) is 26.3 Å². The highest BCUT2D eigenvalue weighted by molar-refractivity contribution is 5.81. The van der Waals surface area contributed by atoms with Gasteiger partial charge in [0.1, 0.15) is 6.54 Å². The zero-order valence-corrected chi connectivity index (χ0v) is 5.38. The van der Waals surface area contributed by atoms with Crippen LogP contribution in [0.5, 0.6) is 0 Å². The summed E-state index contributed by atoms with van der Waals surface area (Å²) in [6.45, 7) is -1.98. The van der Waals surface area contributed by atoms with E-state index >= 15 is 0 Å². The van der Waals surface area contributed by atoms with E-state index in [2.05, 4.69) is 0 Å². The fourth-order valence-electron chi connectivity index (χ4n) is 0.281. The van der Waals surface area contributed by atoms with Gasteiger partial charge in [0.25, 0.3) is 0 Å². The summed E-state index contributed by atoms with van der Waals surface area (Å²) in [6.07, 6.45) is -10.1. The maximum absolute atomic E-state index is 11.2. The highest BCUT2D eigenvalue weighted by atomic mass is 19.4. The van der Waals surface area contributed by atoms with Crippen LogP contribution >= 0.6 is 0 Å². The van der Waals surface area contributed by atoms with Gasteiger partial charge in [-0.1, -0.05) is 0 Å². The SMILES string of the molecule is O=C(NCC(F)(F)F)C(F)(F)F. The Labute approximate surface area is 62.5 Å². The lowest BCUT2D eigenvalue weighted by Gasteiger charge is -2.09. The molecular weight excluding hydrogens is 192 g/mol. The number of hydrogen-bond acceptors (Lipinski definition) is 1. The van der Waals surface area contributed by atoms with Crippen molar-refractivity contribution in [2.24, 2.45) is 0 Å². The van der Waals surface area contributed by atoms with Crippen molar-refractivity contribution in [3.8, 4) is 0 Å². The third kappa shape index (κ3) is 4.80. The Morgan fingerprint density at radius 2 is 1.50 bits per heavy atom. The second-order valence-corrected chi connectivity index (χ2v) is 1.80. The second-order valence-electron chi connectivity index (χ2n) is 1.80. The molecule has 1 amide bonds. The molecule has 0 rings (SSSR count). The molecule has 0 radical (unpaired) electrons. The number of rotatable bonds is 1. The van der Waals surface area contributed by atoms with Crippen LogP contribution in [-0.2, 0) is 4.79 Å². The third-order valence-electron chi connectivity index (χ3n) is 0.707. The lowest BCUT2D eigenvalue weighted by molar-refractivity contribution is -0.179. The van der Waals surface area contributed by atoms with Gasteiger partial charge in [-0.15, -0.1) is 0 Å². The Morgan fingerprint density at radius 3 is 1.75 bits per heavy atom. The molecule has 2 nitrogen and oxygen atoms in total. The molecule has 0 aromatic rings. The van der Waals surface area contributed by atoms with Gasteiger partial charge >= 0.3 is 18.3 Å². The molecule has 0 atom stereocenters. The molecule has 0 unspecified atom stereocenters. The number of halogens is 6. The Bertz CT molecular complexity index is 169. The van der Waals surface area contributed by atoms with E-state index in [1.54, 1.807) is 0 Å². The molecule has 0 fully saturated rings. The summed E-state index contributed by atoms with van der Waals surface area (Å²) in [5.74, 6) is -2.60. The Kier molecular flexibility index (Phi) is 2.94. The van der Waals surface area contributed by atoms with Crippen LogP contribution in [0, 0.1) is 0 Å². The summed E-state index contributed by atoms with van der Waals surface area (Å²) in [5.41, 5.74) is 0. The van der Waals surface area contributed by atoms with Crippen molar-refractivity contribution in [3.05, 3.63) is 0 Å². The standard InChI is InChI=1S/C4H3F6NO/c5-3(6,7)1-11-2(12)4(8,9)10/h1H2,(H,11,12). The van der Waals surface area contributed by atoms with Gasteiger partial charge in [-0.25, -0.2) is 0 Å². The van der Waals surface area contributed by atoms with E-state index in [0.717, 1.165) is 0 Å². The minimum atomic E-state index is -5.27. The number of amides is 1. The quantitative estimate of drug-likeness (QED) is 0.626. The van der Waals surface area contributed by atoms with Gasteiger partial charge in [0.15, 0.2) is 0 Å². The zero-order chi connectivity index (χ0) is 9.99. The normalized spacial score (nSPS) is 12.8. The first-order valence-electron chi connectivity index (χ1n) is 2.55. The second kappa shape index (κ2) is 3.20. The fraction of sp³-hybridized carbons (Fsp3) is 0.750. The summed E-state index contributed by atoms with van der Waals surface area (Å²) in [5, 5.41) is 0.674. The summed E-state index contributed by atoms with van der Waals surface area (Å²) < 4.78 is 67.4. The number of nitrogens with one attached hydrogen (secondary N) is 1. The summed E-state index contributed by atoms with van der Waals surface area (Å²) in [4.78, 5) is 9.78. The van der Waals surface area contributed by atoms with Crippen molar-refractivity contribution in [1.29, 1.82) is 0 Å². The van der Waals surface area contributed by atoms with E-state index in [9.17, 15) is 31.1 Å². The monoisotopic (exact) mass is 195 g/mol. The molecule has 72 valence electrons. The molecule has 0 saturated carbocycles. The molecule has 0 aliphatic carbocycles. The first kappa shape index (κ1) is 11.0. The lowest BCUT2D eigenvalue weighted by atomic mass is 10.5. The van der Waals surface area contributed by atoms with Crippen LogP contribution in [0.15, 0.2) is 0 Å². The molecule has 0 spiro atoms.